The third kappa shape index (κ3) is 2.99. The lowest BCUT2D eigenvalue weighted by Gasteiger charge is -2.39. The fraction of sp³-hybridized carbons (Fsp3) is 0.917. The quantitative estimate of drug-likeness (QED) is 0.735. The summed E-state index contributed by atoms with van der Waals surface area (Å²) in [4.78, 5) is 0. The molecule has 0 fully saturated rings. The Balaban J connectivity index is 4.62. The van der Waals surface area contributed by atoms with Gasteiger partial charge in [0.25, 0.3) is 0 Å². The Morgan fingerprint density at radius 2 is 1.64 bits per heavy atom. The van der Waals surface area contributed by atoms with Crippen molar-refractivity contribution in [3.05, 3.63) is 0 Å². The van der Waals surface area contributed by atoms with Crippen LogP contribution < -0.4 is 5.73 Å². The normalized spacial score (nSPS) is 14.5. The first-order valence-electron chi connectivity index (χ1n) is 5.56. The lowest BCUT2D eigenvalue weighted by molar-refractivity contribution is 0.187. The third-order valence-electron chi connectivity index (χ3n) is 3.43. The number of nitriles is 1. The molecule has 0 aromatic rings. The Morgan fingerprint density at radius 3 is 1.86 bits per heavy atom. The van der Waals surface area contributed by atoms with Crippen molar-refractivity contribution in [3.63, 3.8) is 0 Å². The SMILES string of the molecule is CCC(C#N)CC(N)(C(C)C)C(C)C. The highest BCUT2D eigenvalue weighted by Crippen LogP contribution is 2.31. The first-order valence-corrected chi connectivity index (χ1v) is 5.56. The average Bonchev–Trinajstić information content (AvgIpc) is 2.13. The molecule has 0 aromatic carbocycles. The van der Waals surface area contributed by atoms with Gasteiger partial charge in [-0.2, -0.15) is 5.26 Å². The Hall–Kier alpha value is -0.550. The highest BCUT2D eigenvalue weighted by Gasteiger charge is 2.34. The minimum Gasteiger partial charge on any atom is -0.325 e. The number of hydrogen-bond acceptors (Lipinski definition) is 2. The van der Waals surface area contributed by atoms with E-state index in [9.17, 15) is 0 Å². The summed E-state index contributed by atoms with van der Waals surface area (Å²) in [7, 11) is 0. The van der Waals surface area contributed by atoms with Crippen molar-refractivity contribution in [2.24, 2.45) is 23.5 Å². The van der Waals surface area contributed by atoms with Crippen molar-refractivity contribution >= 4 is 0 Å². The highest BCUT2D eigenvalue weighted by atomic mass is 14.8. The molecule has 2 nitrogen and oxygen atoms in total. The van der Waals surface area contributed by atoms with Gasteiger partial charge in [0.2, 0.25) is 0 Å². The Morgan fingerprint density at radius 1 is 1.21 bits per heavy atom. The molecule has 0 bridgehead atoms. The van der Waals surface area contributed by atoms with Crippen LogP contribution in [0.4, 0.5) is 0 Å². The van der Waals surface area contributed by atoms with Gasteiger partial charge in [-0.25, -0.2) is 0 Å². The smallest absolute Gasteiger partial charge is 0.0656 e. The van der Waals surface area contributed by atoms with E-state index in [1.807, 2.05) is 0 Å². The standard InChI is InChI=1S/C12H24N2/c1-6-11(8-13)7-12(14,9(2)3)10(4)5/h9-11H,6-7,14H2,1-5H3. The predicted octanol–water partition coefficient (Wildman–Crippen LogP) is 2.94. The molecule has 82 valence electrons. The monoisotopic (exact) mass is 196 g/mol. The van der Waals surface area contributed by atoms with Crippen LogP contribution >= 0.6 is 0 Å². The zero-order valence-electron chi connectivity index (χ0n) is 10.2. The Labute approximate surface area is 88.5 Å². The molecule has 0 aliphatic carbocycles. The molecule has 2 N–H and O–H groups in total. The van der Waals surface area contributed by atoms with Gasteiger partial charge >= 0.3 is 0 Å². The van der Waals surface area contributed by atoms with Crippen LogP contribution in [0.15, 0.2) is 0 Å². The van der Waals surface area contributed by atoms with Crippen molar-refractivity contribution in [2.75, 3.05) is 0 Å². The largest absolute Gasteiger partial charge is 0.325 e. The van der Waals surface area contributed by atoms with Crippen LogP contribution in [0.25, 0.3) is 0 Å². The van der Waals surface area contributed by atoms with Crippen LogP contribution in [0.2, 0.25) is 0 Å². The molecule has 0 aliphatic heterocycles. The molecular formula is C12H24N2. The van der Waals surface area contributed by atoms with E-state index in [-0.39, 0.29) is 11.5 Å². The molecule has 0 heterocycles. The maximum atomic E-state index is 8.95. The zero-order valence-corrected chi connectivity index (χ0v) is 10.2. The second-order valence-corrected chi connectivity index (χ2v) is 4.86. The molecule has 0 aliphatic rings. The van der Waals surface area contributed by atoms with Crippen LogP contribution in [-0.2, 0) is 0 Å². The number of nitrogens with zero attached hydrogens (tertiary/aromatic N) is 1. The molecule has 0 rings (SSSR count). The van der Waals surface area contributed by atoms with Gasteiger partial charge in [-0.05, 0) is 24.7 Å². The second kappa shape index (κ2) is 5.36. The summed E-state index contributed by atoms with van der Waals surface area (Å²) in [5.41, 5.74) is 6.19. The van der Waals surface area contributed by atoms with Crippen molar-refractivity contribution in [2.45, 2.75) is 53.0 Å². The van der Waals surface area contributed by atoms with Crippen LogP contribution in [0.5, 0.6) is 0 Å². The van der Waals surface area contributed by atoms with Gasteiger partial charge in [-0.1, -0.05) is 34.6 Å². The van der Waals surface area contributed by atoms with Gasteiger partial charge in [-0.3, -0.25) is 0 Å². The summed E-state index contributed by atoms with van der Waals surface area (Å²) in [6.07, 6.45) is 1.71. The van der Waals surface area contributed by atoms with Crippen LogP contribution in [0.1, 0.15) is 47.5 Å². The summed E-state index contributed by atoms with van der Waals surface area (Å²) >= 11 is 0. The zero-order chi connectivity index (χ0) is 11.4. The van der Waals surface area contributed by atoms with E-state index in [0.29, 0.717) is 11.8 Å². The van der Waals surface area contributed by atoms with E-state index in [0.717, 1.165) is 12.8 Å². The van der Waals surface area contributed by atoms with E-state index >= 15 is 0 Å². The molecule has 0 spiro atoms. The molecule has 14 heavy (non-hydrogen) atoms. The third-order valence-corrected chi connectivity index (χ3v) is 3.43. The molecule has 1 atom stereocenters. The van der Waals surface area contributed by atoms with Crippen molar-refractivity contribution < 1.29 is 0 Å². The highest BCUT2D eigenvalue weighted by molar-refractivity contribution is 4.97. The van der Waals surface area contributed by atoms with Gasteiger partial charge in [0.05, 0.1) is 6.07 Å². The van der Waals surface area contributed by atoms with E-state index in [2.05, 4.69) is 40.7 Å². The molecule has 1 unspecified atom stereocenters. The maximum Gasteiger partial charge on any atom is 0.0656 e. The first-order chi connectivity index (χ1) is 6.38. The fourth-order valence-electron chi connectivity index (χ4n) is 1.85. The molecule has 0 saturated carbocycles. The number of nitrogens with two attached hydrogens (primary N) is 1. The summed E-state index contributed by atoms with van der Waals surface area (Å²) in [6, 6.07) is 2.34. The van der Waals surface area contributed by atoms with Gasteiger partial charge < -0.3 is 5.73 Å². The van der Waals surface area contributed by atoms with Crippen molar-refractivity contribution in [1.82, 2.24) is 0 Å². The maximum absolute atomic E-state index is 8.95. The summed E-state index contributed by atoms with van der Waals surface area (Å²) < 4.78 is 0. The van der Waals surface area contributed by atoms with Crippen molar-refractivity contribution in [1.29, 1.82) is 5.26 Å². The molecule has 0 radical (unpaired) electrons. The molecular weight excluding hydrogens is 172 g/mol. The van der Waals surface area contributed by atoms with E-state index < -0.39 is 0 Å². The van der Waals surface area contributed by atoms with Gasteiger partial charge in [0, 0.05) is 11.5 Å². The number of rotatable bonds is 5. The van der Waals surface area contributed by atoms with E-state index in [4.69, 9.17) is 11.0 Å². The van der Waals surface area contributed by atoms with Gasteiger partial charge in [-0.15, -0.1) is 0 Å². The van der Waals surface area contributed by atoms with E-state index in [1.165, 1.54) is 0 Å². The summed E-state index contributed by atoms with van der Waals surface area (Å²) in [6.45, 7) is 10.6. The molecule has 0 amide bonds. The van der Waals surface area contributed by atoms with Gasteiger partial charge in [0.15, 0.2) is 0 Å². The molecule has 2 heteroatoms. The van der Waals surface area contributed by atoms with Crippen LogP contribution in [-0.4, -0.2) is 5.54 Å². The Bertz CT molecular complexity index is 193. The average molecular weight is 196 g/mol. The van der Waals surface area contributed by atoms with Gasteiger partial charge in [0.1, 0.15) is 0 Å². The predicted molar refractivity (Wildman–Crippen MR) is 60.6 cm³/mol. The van der Waals surface area contributed by atoms with Crippen LogP contribution in [0, 0.1) is 29.1 Å². The summed E-state index contributed by atoms with van der Waals surface area (Å²) in [5.74, 6) is 0.944. The molecule has 0 saturated heterocycles. The fourth-order valence-corrected chi connectivity index (χ4v) is 1.85. The van der Waals surface area contributed by atoms with Crippen LogP contribution in [0.3, 0.4) is 0 Å². The first kappa shape index (κ1) is 13.4. The number of hydrogen-bond donors (Lipinski definition) is 1. The molecule has 0 aromatic heterocycles. The summed E-state index contributed by atoms with van der Waals surface area (Å²) in [5, 5.41) is 8.95. The lowest BCUT2D eigenvalue weighted by atomic mass is 9.72. The Kier molecular flexibility index (Phi) is 5.15. The second-order valence-electron chi connectivity index (χ2n) is 4.86. The lowest BCUT2D eigenvalue weighted by Crippen LogP contribution is -2.51. The van der Waals surface area contributed by atoms with Crippen molar-refractivity contribution in [3.8, 4) is 6.07 Å². The minimum atomic E-state index is -0.198. The topological polar surface area (TPSA) is 49.8 Å². The minimum absolute atomic E-state index is 0.102. The van der Waals surface area contributed by atoms with E-state index in [1.54, 1.807) is 0 Å².